The van der Waals surface area contributed by atoms with E-state index in [2.05, 4.69) is 0 Å². The van der Waals surface area contributed by atoms with Crippen LogP contribution in [0.2, 0.25) is 0 Å². The summed E-state index contributed by atoms with van der Waals surface area (Å²) in [7, 11) is 0. The molecule has 0 N–H and O–H groups in total. The highest BCUT2D eigenvalue weighted by Crippen LogP contribution is 2.10. The Kier molecular flexibility index (Phi) is 2.84. The lowest BCUT2D eigenvalue weighted by molar-refractivity contribution is -0.111. The molecule has 0 atom stereocenters. The van der Waals surface area contributed by atoms with Crippen molar-refractivity contribution in [3.63, 3.8) is 0 Å². The van der Waals surface area contributed by atoms with Crippen LogP contribution in [0.3, 0.4) is 0 Å². The van der Waals surface area contributed by atoms with Crippen LogP contribution in [0.4, 0.5) is 0 Å². The normalized spacial score (nSPS) is 17.0. The number of ketones is 1. The second kappa shape index (κ2) is 3.91. The van der Waals surface area contributed by atoms with Crippen molar-refractivity contribution in [3.8, 4) is 0 Å². The van der Waals surface area contributed by atoms with Gasteiger partial charge in [-0.25, -0.2) is 0 Å². The van der Waals surface area contributed by atoms with Crippen LogP contribution in [0.25, 0.3) is 0 Å². The Morgan fingerprint density at radius 2 is 2.36 bits per heavy atom. The first-order valence-electron chi connectivity index (χ1n) is 3.88. The van der Waals surface area contributed by atoms with Gasteiger partial charge in [-0.15, -0.1) is 0 Å². The maximum atomic E-state index is 11.2. The van der Waals surface area contributed by atoms with Gasteiger partial charge >= 0.3 is 0 Å². The Morgan fingerprint density at radius 1 is 1.55 bits per heavy atom. The van der Waals surface area contributed by atoms with Crippen molar-refractivity contribution in [2.45, 2.75) is 19.8 Å². The molecule has 0 spiro atoms. The summed E-state index contributed by atoms with van der Waals surface area (Å²) in [6.45, 7) is 1.85. The van der Waals surface area contributed by atoms with Gasteiger partial charge in [-0.1, -0.05) is 24.3 Å². The predicted octanol–water partition coefficient (Wildman–Crippen LogP) is 2.41. The first kappa shape index (κ1) is 7.99. The average Bonchev–Trinajstić information content (AvgIpc) is 2.07. The molecule has 1 nitrogen and oxygen atoms in total. The average molecular weight is 148 g/mol. The molecule has 0 amide bonds. The number of carbonyl (C=O) groups is 1. The van der Waals surface area contributed by atoms with Crippen LogP contribution in [0.5, 0.6) is 0 Å². The van der Waals surface area contributed by atoms with Gasteiger partial charge in [0.25, 0.3) is 0 Å². The van der Waals surface area contributed by atoms with Crippen molar-refractivity contribution >= 4 is 5.78 Å². The number of hydrogen-bond acceptors (Lipinski definition) is 1. The molecular formula is C10H12O. The van der Waals surface area contributed by atoms with Gasteiger partial charge in [0.2, 0.25) is 0 Å². The van der Waals surface area contributed by atoms with Gasteiger partial charge in [0, 0.05) is 5.57 Å². The number of carbonyl (C=O) groups excluding carboxylic acids is 1. The molecule has 11 heavy (non-hydrogen) atoms. The monoisotopic (exact) mass is 148 g/mol. The van der Waals surface area contributed by atoms with Crippen LogP contribution in [0.15, 0.2) is 36.0 Å². The van der Waals surface area contributed by atoms with Gasteiger partial charge in [-0.2, -0.15) is 0 Å². The molecule has 1 aliphatic carbocycles. The second-order valence-corrected chi connectivity index (χ2v) is 2.50. The Balaban J connectivity index is 2.67. The van der Waals surface area contributed by atoms with E-state index in [1.54, 1.807) is 12.2 Å². The molecule has 0 aromatic rings. The molecule has 0 heterocycles. The van der Waals surface area contributed by atoms with Crippen molar-refractivity contribution in [2.75, 3.05) is 0 Å². The van der Waals surface area contributed by atoms with Gasteiger partial charge in [0.15, 0.2) is 5.78 Å². The molecule has 0 bridgehead atoms. The molecule has 0 fully saturated rings. The zero-order chi connectivity index (χ0) is 8.10. The highest BCUT2D eigenvalue weighted by molar-refractivity contribution is 6.06. The SMILES string of the molecule is C/C=C\C(=O)C1=CCCC=C1. The predicted molar refractivity (Wildman–Crippen MR) is 46.3 cm³/mol. The Hall–Kier alpha value is -1.11. The Morgan fingerprint density at radius 3 is 2.91 bits per heavy atom. The molecule has 0 saturated heterocycles. The summed E-state index contributed by atoms with van der Waals surface area (Å²) in [5, 5.41) is 0. The van der Waals surface area contributed by atoms with Crippen LogP contribution in [-0.4, -0.2) is 5.78 Å². The molecule has 0 aromatic heterocycles. The van der Waals surface area contributed by atoms with Crippen molar-refractivity contribution in [2.24, 2.45) is 0 Å². The van der Waals surface area contributed by atoms with E-state index in [-0.39, 0.29) is 5.78 Å². The minimum atomic E-state index is 0.114. The minimum absolute atomic E-state index is 0.114. The molecule has 58 valence electrons. The molecule has 0 radical (unpaired) electrons. The topological polar surface area (TPSA) is 17.1 Å². The lowest BCUT2D eigenvalue weighted by atomic mass is 10.0. The molecule has 0 saturated carbocycles. The van der Waals surface area contributed by atoms with Crippen LogP contribution in [0.1, 0.15) is 19.8 Å². The first-order chi connectivity index (χ1) is 5.34. The van der Waals surface area contributed by atoms with E-state index in [9.17, 15) is 4.79 Å². The third-order valence-corrected chi connectivity index (χ3v) is 1.60. The fourth-order valence-corrected chi connectivity index (χ4v) is 1.04. The standard InChI is InChI=1S/C10H12O/c1-2-6-10(11)9-7-4-3-5-8-9/h2,4,6-8H,3,5H2,1H3/b6-2-. The van der Waals surface area contributed by atoms with E-state index in [1.165, 1.54) is 0 Å². The Labute approximate surface area is 67.1 Å². The summed E-state index contributed by atoms with van der Waals surface area (Å²) < 4.78 is 0. The zero-order valence-electron chi connectivity index (χ0n) is 6.71. The van der Waals surface area contributed by atoms with Crippen LogP contribution < -0.4 is 0 Å². The van der Waals surface area contributed by atoms with E-state index < -0.39 is 0 Å². The van der Waals surface area contributed by atoms with Gasteiger partial charge < -0.3 is 0 Å². The molecule has 0 aromatic carbocycles. The fraction of sp³-hybridized carbons (Fsp3) is 0.300. The van der Waals surface area contributed by atoms with E-state index in [1.807, 2.05) is 25.2 Å². The quantitative estimate of drug-likeness (QED) is 0.549. The van der Waals surface area contributed by atoms with Gasteiger partial charge in [-0.3, -0.25) is 4.79 Å². The van der Waals surface area contributed by atoms with E-state index in [0.717, 1.165) is 18.4 Å². The van der Waals surface area contributed by atoms with Crippen molar-refractivity contribution in [1.82, 2.24) is 0 Å². The highest BCUT2D eigenvalue weighted by atomic mass is 16.1. The molecule has 1 heteroatoms. The summed E-state index contributed by atoms with van der Waals surface area (Å²) in [4.78, 5) is 11.2. The summed E-state index contributed by atoms with van der Waals surface area (Å²) in [5.74, 6) is 0.114. The van der Waals surface area contributed by atoms with Gasteiger partial charge in [0.05, 0.1) is 0 Å². The third-order valence-electron chi connectivity index (χ3n) is 1.60. The number of allylic oxidation sites excluding steroid dienone is 6. The van der Waals surface area contributed by atoms with E-state index in [0.29, 0.717) is 0 Å². The summed E-state index contributed by atoms with van der Waals surface area (Å²) in [6.07, 6.45) is 11.3. The zero-order valence-corrected chi connectivity index (χ0v) is 6.71. The first-order valence-corrected chi connectivity index (χ1v) is 3.88. The van der Waals surface area contributed by atoms with Gasteiger partial charge in [0.1, 0.15) is 0 Å². The maximum Gasteiger partial charge on any atom is 0.185 e. The smallest absolute Gasteiger partial charge is 0.185 e. The number of hydrogen-bond donors (Lipinski definition) is 0. The fourth-order valence-electron chi connectivity index (χ4n) is 1.04. The molecule has 1 rings (SSSR count). The van der Waals surface area contributed by atoms with Crippen molar-refractivity contribution in [1.29, 1.82) is 0 Å². The highest BCUT2D eigenvalue weighted by Gasteiger charge is 2.02. The maximum absolute atomic E-state index is 11.2. The van der Waals surface area contributed by atoms with Crippen LogP contribution >= 0.6 is 0 Å². The largest absolute Gasteiger partial charge is 0.289 e. The molecule has 0 aliphatic heterocycles. The Bertz CT molecular complexity index is 231. The molecule has 1 aliphatic rings. The lowest BCUT2D eigenvalue weighted by Gasteiger charge is -2.01. The second-order valence-electron chi connectivity index (χ2n) is 2.50. The van der Waals surface area contributed by atoms with E-state index >= 15 is 0 Å². The number of rotatable bonds is 2. The van der Waals surface area contributed by atoms with Crippen molar-refractivity contribution in [3.05, 3.63) is 36.0 Å². The van der Waals surface area contributed by atoms with Crippen LogP contribution in [-0.2, 0) is 4.79 Å². The summed E-state index contributed by atoms with van der Waals surface area (Å²) in [5.41, 5.74) is 0.828. The van der Waals surface area contributed by atoms with Gasteiger partial charge in [-0.05, 0) is 25.8 Å². The molecular weight excluding hydrogens is 136 g/mol. The lowest BCUT2D eigenvalue weighted by Crippen LogP contribution is -1.97. The molecule has 0 unspecified atom stereocenters. The van der Waals surface area contributed by atoms with Crippen LogP contribution in [0, 0.1) is 0 Å². The summed E-state index contributed by atoms with van der Waals surface area (Å²) in [6, 6.07) is 0. The third kappa shape index (κ3) is 2.19. The minimum Gasteiger partial charge on any atom is -0.289 e. The van der Waals surface area contributed by atoms with Crippen molar-refractivity contribution < 1.29 is 4.79 Å². The summed E-state index contributed by atoms with van der Waals surface area (Å²) >= 11 is 0. The van der Waals surface area contributed by atoms with E-state index in [4.69, 9.17) is 0 Å².